The van der Waals surface area contributed by atoms with Crippen LogP contribution in [0.2, 0.25) is 0 Å². The van der Waals surface area contributed by atoms with E-state index in [1.165, 1.54) is 0 Å². The smallest absolute Gasteiger partial charge is 0.252 e. The predicted octanol–water partition coefficient (Wildman–Crippen LogP) is 2.34. The second kappa shape index (κ2) is 6.76. The normalized spacial score (nSPS) is 10.0. The SMILES string of the molecule is Cc1ccc(C(=O)NCCCCI)cn1. The number of amides is 1. The second-order valence-electron chi connectivity index (χ2n) is 3.34. The Labute approximate surface area is 104 Å². The van der Waals surface area contributed by atoms with Gasteiger partial charge >= 0.3 is 0 Å². The fraction of sp³-hybridized carbons (Fsp3) is 0.455. The molecular weight excluding hydrogens is 303 g/mol. The van der Waals surface area contributed by atoms with Crippen molar-refractivity contribution in [2.75, 3.05) is 11.0 Å². The maximum Gasteiger partial charge on any atom is 0.252 e. The Morgan fingerprint density at radius 3 is 2.87 bits per heavy atom. The molecule has 0 atom stereocenters. The number of nitrogens with one attached hydrogen (secondary N) is 1. The predicted molar refractivity (Wildman–Crippen MR) is 69.4 cm³/mol. The Morgan fingerprint density at radius 1 is 1.47 bits per heavy atom. The maximum absolute atomic E-state index is 11.6. The maximum atomic E-state index is 11.6. The number of carbonyl (C=O) groups excluding carboxylic acids is 1. The third kappa shape index (κ3) is 4.59. The summed E-state index contributed by atoms with van der Waals surface area (Å²) >= 11 is 2.34. The van der Waals surface area contributed by atoms with Gasteiger partial charge in [0.2, 0.25) is 0 Å². The van der Waals surface area contributed by atoms with Gasteiger partial charge in [-0.2, -0.15) is 0 Å². The molecule has 15 heavy (non-hydrogen) atoms. The first-order valence-electron chi connectivity index (χ1n) is 5.01. The molecule has 0 aliphatic carbocycles. The van der Waals surface area contributed by atoms with Crippen molar-refractivity contribution in [1.29, 1.82) is 0 Å². The minimum Gasteiger partial charge on any atom is -0.352 e. The van der Waals surface area contributed by atoms with Crippen LogP contribution in [0.15, 0.2) is 18.3 Å². The summed E-state index contributed by atoms with van der Waals surface area (Å²) in [6.45, 7) is 2.65. The Balaban J connectivity index is 2.37. The van der Waals surface area contributed by atoms with Gasteiger partial charge in [0.15, 0.2) is 0 Å². The van der Waals surface area contributed by atoms with Crippen LogP contribution in [0.25, 0.3) is 0 Å². The standard InChI is InChI=1S/C11H15IN2O/c1-9-4-5-10(8-14-9)11(15)13-7-3-2-6-12/h4-5,8H,2-3,6-7H2,1H3,(H,13,15). The van der Waals surface area contributed by atoms with Gasteiger partial charge < -0.3 is 5.32 Å². The molecule has 1 aromatic heterocycles. The lowest BCUT2D eigenvalue weighted by molar-refractivity contribution is 0.0953. The molecular formula is C11H15IN2O. The van der Waals surface area contributed by atoms with Gasteiger partial charge in [-0.1, -0.05) is 22.6 Å². The fourth-order valence-corrected chi connectivity index (χ4v) is 1.66. The number of aryl methyl sites for hydroxylation is 1. The molecule has 1 N–H and O–H groups in total. The highest BCUT2D eigenvalue weighted by Gasteiger charge is 2.03. The number of hydrogen-bond donors (Lipinski definition) is 1. The molecule has 0 aromatic carbocycles. The summed E-state index contributed by atoms with van der Waals surface area (Å²) in [5, 5.41) is 2.87. The Hall–Kier alpha value is -0.650. The average molecular weight is 318 g/mol. The first kappa shape index (κ1) is 12.4. The zero-order chi connectivity index (χ0) is 11.1. The van der Waals surface area contributed by atoms with Crippen molar-refractivity contribution in [2.45, 2.75) is 19.8 Å². The van der Waals surface area contributed by atoms with Crippen LogP contribution in [0.4, 0.5) is 0 Å². The molecule has 0 unspecified atom stereocenters. The molecule has 0 bridgehead atoms. The summed E-state index contributed by atoms with van der Waals surface area (Å²) in [7, 11) is 0. The molecule has 0 spiro atoms. The van der Waals surface area contributed by atoms with E-state index < -0.39 is 0 Å². The quantitative estimate of drug-likeness (QED) is 0.514. The number of rotatable bonds is 5. The summed E-state index contributed by atoms with van der Waals surface area (Å²) < 4.78 is 1.14. The van der Waals surface area contributed by atoms with Crippen molar-refractivity contribution in [3.05, 3.63) is 29.6 Å². The van der Waals surface area contributed by atoms with Gasteiger partial charge in [0, 0.05) is 18.4 Å². The van der Waals surface area contributed by atoms with Crippen molar-refractivity contribution in [2.24, 2.45) is 0 Å². The van der Waals surface area contributed by atoms with Crippen LogP contribution in [0.5, 0.6) is 0 Å². The summed E-state index contributed by atoms with van der Waals surface area (Å²) in [5.74, 6) is -0.0315. The van der Waals surface area contributed by atoms with Crippen LogP contribution in [0.3, 0.4) is 0 Å². The Bertz CT molecular complexity index is 311. The van der Waals surface area contributed by atoms with Gasteiger partial charge in [0.1, 0.15) is 0 Å². The molecule has 1 aromatic rings. The minimum absolute atomic E-state index is 0.0315. The number of carbonyl (C=O) groups is 1. The van der Waals surface area contributed by atoms with E-state index in [0.29, 0.717) is 5.56 Å². The van der Waals surface area contributed by atoms with E-state index in [1.807, 2.05) is 13.0 Å². The summed E-state index contributed by atoms with van der Waals surface area (Å²) in [6, 6.07) is 3.65. The highest BCUT2D eigenvalue weighted by Crippen LogP contribution is 1.99. The molecule has 1 amide bonds. The second-order valence-corrected chi connectivity index (χ2v) is 4.42. The lowest BCUT2D eigenvalue weighted by Gasteiger charge is -2.04. The number of pyridine rings is 1. The van der Waals surface area contributed by atoms with E-state index >= 15 is 0 Å². The van der Waals surface area contributed by atoms with Gasteiger partial charge in [-0.3, -0.25) is 9.78 Å². The summed E-state index contributed by atoms with van der Waals surface area (Å²) in [5.41, 5.74) is 1.56. The van der Waals surface area contributed by atoms with E-state index in [1.54, 1.807) is 12.3 Å². The third-order valence-corrected chi connectivity index (χ3v) is 2.78. The molecule has 0 fully saturated rings. The van der Waals surface area contributed by atoms with Crippen LogP contribution in [0, 0.1) is 6.92 Å². The first-order valence-corrected chi connectivity index (χ1v) is 6.53. The van der Waals surface area contributed by atoms with Gasteiger partial charge in [0.05, 0.1) is 5.56 Å². The first-order chi connectivity index (χ1) is 7.24. The largest absolute Gasteiger partial charge is 0.352 e. The fourth-order valence-electron chi connectivity index (χ4n) is 1.13. The molecule has 0 aliphatic rings. The zero-order valence-corrected chi connectivity index (χ0v) is 11.0. The van der Waals surface area contributed by atoms with E-state index in [9.17, 15) is 4.79 Å². The molecule has 0 saturated carbocycles. The highest BCUT2D eigenvalue weighted by atomic mass is 127. The number of unbranched alkanes of at least 4 members (excludes halogenated alkanes) is 1. The Morgan fingerprint density at radius 2 is 2.27 bits per heavy atom. The number of nitrogens with zero attached hydrogens (tertiary/aromatic N) is 1. The Kier molecular flexibility index (Phi) is 5.60. The molecule has 82 valence electrons. The molecule has 1 heterocycles. The molecule has 0 radical (unpaired) electrons. The van der Waals surface area contributed by atoms with E-state index in [2.05, 4.69) is 32.9 Å². The van der Waals surface area contributed by atoms with Crippen molar-refractivity contribution in [1.82, 2.24) is 10.3 Å². The lowest BCUT2D eigenvalue weighted by Crippen LogP contribution is -2.24. The lowest BCUT2D eigenvalue weighted by atomic mass is 10.2. The molecule has 1 rings (SSSR count). The number of aromatic nitrogens is 1. The van der Waals surface area contributed by atoms with Crippen LogP contribution in [-0.4, -0.2) is 21.9 Å². The molecule has 4 heteroatoms. The summed E-state index contributed by atoms with van der Waals surface area (Å²) in [4.78, 5) is 15.6. The van der Waals surface area contributed by atoms with Gasteiger partial charge in [-0.05, 0) is 36.3 Å². The average Bonchev–Trinajstić information content (AvgIpc) is 2.25. The van der Waals surface area contributed by atoms with Crippen molar-refractivity contribution in [3.8, 4) is 0 Å². The van der Waals surface area contributed by atoms with Crippen molar-refractivity contribution >= 4 is 28.5 Å². The van der Waals surface area contributed by atoms with Gasteiger partial charge in [0.25, 0.3) is 5.91 Å². The van der Waals surface area contributed by atoms with Crippen LogP contribution < -0.4 is 5.32 Å². The van der Waals surface area contributed by atoms with Crippen LogP contribution in [0.1, 0.15) is 28.9 Å². The van der Waals surface area contributed by atoms with Crippen molar-refractivity contribution in [3.63, 3.8) is 0 Å². The van der Waals surface area contributed by atoms with Crippen LogP contribution >= 0.6 is 22.6 Å². The van der Waals surface area contributed by atoms with E-state index in [-0.39, 0.29) is 5.91 Å². The van der Waals surface area contributed by atoms with Gasteiger partial charge in [-0.15, -0.1) is 0 Å². The van der Waals surface area contributed by atoms with Crippen molar-refractivity contribution < 1.29 is 4.79 Å². The van der Waals surface area contributed by atoms with E-state index in [4.69, 9.17) is 0 Å². The molecule has 3 nitrogen and oxygen atoms in total. The minimum atomic E-state index is -0.0315. The van der Waals surface area contributed by atoms with E-state index in [0.717, 1.165) is 29.5 Å². The van der Waals surface area contributed by atoms with Gasteiger partial charge in [-0.25, -0.2) is 0 Å². The monoisotopic (exact) mass is 318 g/mol. The number of halogens is 1. The third-order valence-electron chi connectivity index (χ3n) is 2.02. The molecule has 0 saturated heterocycles. The molecule has 0 aliphatic heterocycles. The topological polar surface area (TPSA) is 42.0 Å². The summed E-state index contributed by atoms with van der Waals surface area (Å²) in [6.07, 6.45) is 3.80. The highest BCUT2D eigenvalue weighted by molar-refractivity contribution is 14.1. The number of alkyl halides is 1. The van der Waals surface area contributed by atoms with Crippen LogP contribution in [-0.2, 0) is 0 Å². The zero-order valence-electron chi connectivity index (χ0n) is 8.79. The number of hydrogen-bond acceptors (Lipinski definition) is 2.